The molecule has 135 heavy (non-hydrogen) atoms. The van der Waals surface area contributed by atoms with Crippen LogP contribution in [0.15, 0.2) is 273 Å². The first-order valence-electron chi connectivity index (χ1n) is 43.9. The summed E-state index contributed by atoms with van der Waals surface area (Å²) in [6, 6.07) is 81.7. The van der Waals surface area contributed by atoms with Crippen LogP contribution in [0.5, 0.6) is 0 Å². The Morgan fingerprint density at radius 1 is 0.0889 bits per heavy atom. The molecule has 0 bridgehead atoms. The second kappa shape index (κ2) is 62.7. The highest BCUT2D eigenvalue weighted by Gasteiger charge is 2.09. The molecule has 0 N–H and O–H groups in total. The predicted octanol–water partition coefficient (Wildman–Crippen LogP) is 36.6. The third kappa shape index (κ3) is 51.9. The lowest BCUT2D eigenvalue weighted by Gasteiger charge is -1.98. The molecule has 0 aliphatic carbocycles. The van der Waals surface area contributed by atoms with Crippen LogP contribution in [0.25, 0.3) is 0 Å². The van der Waals surface area contributed by atoms with E-state index in [1.54, 1.807) is 99.6 Å². The van der Waals surface area contributed by atoms with Gasteiger partial charge in [0.25, 0.3) is 0 Å². The fourth-order valence-corrected chi connectivity index (χ4v) is 10.5. The van der Waals surface area contributed by atoms with E-state index in [2.05, 4.69) is 191 Å². The molecule has 15 aromatic rings. The minimum Gasteiger partial charge on any atom is -0.207 e. The number of aryl methyl sites for hydroxylation is 25. The summed E-state index contributed by atoms with van der Waals surface area (Å²) in [4.78, 5) is 0. The van der Waals surface area contributed by atoms with Crippen molar-refractivity contribution in [3.05, 3.63) is 527 Å². The van der Waals surface area contributed by atoms with Crippen LogP contribution in [0.4, 0.5) is 65.9 Å². The number of hydrogen-bond donors (Lipinski definition) is 0. The Labute approximate surface area is 796 Å². The number of halogens is 15. The summed E-state index contributed by atoms with van der Waals surface area (Å²) in [5.41, 5.74) is 25.2. The van der Waals surface area contributed by atoms with Gasteiger partial charge in [-0.15, -0.1) is 0 Å². The number of benzene rings is 15. The van der Waals surface area contributed by atoms with Crippen molar-refractivity contribution in [2.45, 2.75) is 208 Å². The molecule has 0 radical (unpaired) electrons. The summed E-state index contributed by atoms with van der Waals surface area (Å²) < 4.78 is 189. The third-order valence-electron chi connectivity index (χ3n) is 19.9. The molecule has 15 rings (SSSR count). The Balaban J connectivity index is 0.000000724. The van der Waals surface area contributed by atoms with Crippen LogP contribution in [0.1, 0.15) is 167 Å². The summed E-state index contributed by atoms with van der Waals surface area (Å²) >= 11 is 0. The third-order valence-corrected chi connectivity index (χ3v) is 19.9. The van der Waals surface area contributed by atoms with E-state index in [-0.39, 0.29) is 56.9 Å². The molecule has 0 amide bonds. The average molecular weight is 1860 g/mol. The maximum Gasteiger partial charge on any atom is 0.129 e. The predicted molar refractivity (Wildman–Crippen MR) is 538 cm³/mol. The maximum absolute atomic E-state index is 12.6. The molecule has 0 aromatic heterocycles. The van der Waals surface area contributed by atoms with Crippen LogP contribution >= 0.6 is 0 Å². The van der Waals surface area contributed by atoms with Gasteiger partial charge < -0.3 is 0 Å². The summed E-state index contributed by atoms with van der Waals surface area (Å²) in [7, 11) is 0. The van der Waals surface area contributed by atoms with Gasteiger partial charge in [-0.3, -0.25) is 0 Å². The van der Waals surface area contributed by atoms with Crippen molar-refractivity contribution < 1.29 is 65.9 Å². The fraction of sp³-hybridized carbons (Fsp3) is 0.250. The van der Waals surface area contributed by atoms with Gasteiger partial charge >= 0.3 is 0 Å². The fourth-order valence-electron chi connectivity index (χ4n) is 10.5. The van der Waals surface area contributed by atoms with E-state index in [4.69, 9.17) is 0 Å². The van der Waals surface area contributed by atoms with Crippen LogP contribution in [0, 0.1) is 295 Å². The summed E-state index contributed by atoms with van der Waals surface area (Å²) in [6.07, 6.45) is 0. The SMILES string of the molecule is Cc1cc(F)c(C)c(F)c1.Cc1cc(F)c(C)c(F)c1.Cc1cc(F)c(C)c(F)c1.Cc1cc(F)c(C)c(F)c1.Cc1cc(F)c(C)c(F)c1.Cc1ccc(C)c(F)c1.Cc1ccc(C)c(F)c1.Cc1ccc(C)c(F)c1.Cc1ccc(C)c(F)c1.Cc1ccc(C)c(F)c1.Cc1ccc(C)cc1.Cc1ccc(C)cc1.Cc1ccc(C)cc1.Cc1ccc(C)cc1.Cc1ccc(C)cc1. The quantitative estimate of drug-likeness (QED) is 0.133. The van der Waals surface area contributed by atoms with Crippen LogP contribution in [-0.4, -0.2) is 0 Å². The normalized spacial score (nSPS) is 9.67. The lowest BCUT2D eigenvalue weighted by molar-refractivity contribution is 0.565. The smallest absolute Gasteiger partial charge is 0.129 e. The Kier molecular flexibility index (Phi) is 55.8. The van der Waals surface area contributed by atoms with Crippen LogP contribution < -0.4 is 0 Å². The molecule has 15 heteroatoms. The minimum atomic E-state index is -0.475. The Morgan fingerprint density at radius 2 is 0.163 bits per heavy atom. The van der Waals surface area contributed by atoms with E-state index in [1.807, 2.05) is 65.0 Å². The summed E-state index contributed by atoms with van der Waals surface area (Å²) in [6.45, 7) is 54.5. The van der Waals surface area contributed by atoms with Gasteiger partial charge in [-0.1, -0.05) is 238 Å². The van der Waals surface area contributed by atoms with E-state index in [0.29, 0.717) is 55.6 Å². The summed E-state index contributed by atoms with van der Waals surface area (Å²) in [5, 5.41) is 0. The first kappa shape index (κ1) is 120. The molecule has 0 atom stereocenters. The standard InChI is InChI=1S/5C8H8F2.5C8H9F.5C8H10/c5*1-5-3-7(9)6(2)8(10)4-5;5*1-6-3-4-7(2)8(9)5-6;5*1-7-3-5-8(2)6-4-7/h5*3-4H,1-2H3;5*3-5H,1-2H3;5*3-6H,1-2H3. The van der Waals surface area contributed by atoms with Crippen molar-refractivity contribution >= 4 is 0 Å². The van der Waals surface area contributed by atoms with Crippen molar-refractivity contribution in [1.82, 2.24) is 0 Å². The topological polar surface area (TPSA) is 0 Å². The molecular weight excluding hydrogens is 1730 g/mol. The number of rotatable bonds is 0. The van der Waals surface area contributed by atoms with Gasteiger partial charge in [0, 0.05) is 27.8 Å². The number of hydrogen-bond acceptors (Lipinski definition) is 0. The van der Waals surface area contributed by atoms with Crippen molar-refractivity contribution in [2.75, 3.05) is 0 Å². The summed E-state index contributed by atoms with van der Waals surface area (Å²) in [5.74, 6) is -5.32. The second-order valence-corrected chi connectivity index (χ2v) is 33.8. The highest BCUT2D eigenvalue weighted by atomic mass is 19.2. The zero-order valence-corrected chi connectivity index (χ0v) is 84.2. The van der Waals surface area contributed by atoms with Crippen molar-refractivity contribution in [2.24, 2.45) is 0 Å². The Morgan fingerprint density at radius 3 is 0.237 bits per heavy atom. The molecule has 0 spiro atoms. The van der Waals surface area contributed by atoms with Gasteiger partial charge in [-0.25, -0.2) is 65.9 Å². The second-order valence-electron chi connectivity index (χ2n) is 33.8. The molecule has 0 saturated heterocycles. The largest absolute Gasteiger partial charge is 0.207 e. The first-order valence-corrected chi connectivity index (χ1v) is 43.9. The van der Waals surface area contributed by atoms with Gasteiger partial charge in [-0.2, -0.15) is 0 Å². The van der Waals surface area contributed by atoms with Gasteiger partial charge in [0.1, 0.15) is 87.3 Å². The molecule has 0 fully saturated rings. The highest BCUT2D eigenvalue weighted by molar-refractivity contribution is 5.32. The first-order chi connectivity index (χ1) is 63.0. The molecule has 0 heterocycles. The monoisotopic (exact) mass is 1860 g/mol. The Hall–Kier alpha value is -12.8. The molecule has 0 aliphatic heterocycles. The zero-order chi connectivity index (χ0) is 103. The molecule has 15 aromatic carbocycles. The minimum absolute atomic E-state index is 0.0885. The van der Waals surface area contributed by atoms with E-state index in [1.165, 1.54) is 181 Å². The van der Waals surface area contributed by atoms with Gasteiger partial charge in [-0.05, 0) is 382 Å². The molecule has 0 unspecified atom stereocenters. The molecule has 720 valence electrons. The van der Waals surface area contributed by atoms with Crippen LogP contribution in [0.3, 0.4) is 0 Å². The lowest BCUT2D eigenvalue weighted by Crippen LogP contribution is -1.89. The van der Waals surface area contributed by atoms with Gasteiger partial charge in [0.05, 0.1) is 0 Å². The van der Waals surface area contributed by atoms with Crippen molar-refractivity contribution in [3.63, 3.8) is 0 Å². The van der Waals surface area contributed by atoms with E-state index < -0.39 is 58.2 Å². The average Bonchev–Trinajstić information content (AvgIpc) is 0.842. The van der Waals surface area contributed by atoms with E-state index in [0.717, 1.165) is 27.8 Å². The van der Waals surface area contributed by atoms with E-state index in [9.17, 15) is 65.9 Å². The molecule has 0 saturated carbocycles. The molecule has 0 aliphatic rings. The maximum atomic E-state index is 12.6. The van der Waals surface area contributed by atoms with Gasteiger partial charge in [0.15, 0.2) is 0 Å². The van der Waals surface area contributed by atoms with Crippen molar-refractivity contribution in [1.29, 1.82) is 0 Å². The van der Waals surface area contributed by atoms with E-state index >= 15 is 0 Å². The molecular formula is C120H135F15. The van der Waals surface area contributed by atoms with Crippen LogP contribution in [0.2, 0.25) is 0 Å². The van der Waals surface area contributed by atoms with Crippen molar-refractivity contribution in [3.8, 4) is 0 Å². The zero-order valence-electron chi connectivity index (χ0n) is 84.2. The highest BCUT2D eigenvalue weighted by Crippen LogP contribution is 2.20. The lowest BCUT2D eigenvalue weighted by atomic mass is 10.1. The van der Waals surface area contributed by atoms with Gasteiger partial charge in [0.2, 0.25) is 0 Å². The molecule has 0 nitrogen and oxygen atoms in total. The Bertz CT molecular complexity index is 4970. The van der Waals surface area contributed by atoms with Crippen LogP contribution in [-0.2, 0) is 0 Å².